The van der Waals surface area contributed by atoms with E-state index in [1.54, 1.807) is 0 Å². The summed E-state index contributed by atoms with van der Waals surface area (Å²) in [5.74, 6) is 0. The lowest BCUT2D eigenvalue weighted by molar-refractivity contribution is 0.664. The van der Waals surface area contributed by atoms with Crippen LogP contribution in [0.3, 0.4) is 0 Å². The van der Waals surface area contributed by atoms with Crippen LogP contribution in [0.25, 0.3) is 76.9 Å². The van der Waals surface area contributed by atoms with Crippen molar-refractivity contribution in [1.29, 1.82) is 0 Å². The Morgan fingerprint density at radius 1 is 0.422 bits per heavy atom. The van der Waals surface area contributed by atoms with Crippen LogP contribution in [0, 0.1) is 0 Å². The highest BCUT2D eigenvalue weighted by molar-refractivity contribution is 6.15. The molecule has 0 bridgehead atoms. The van der Waals surface area contributed by atoms with Crippen molar-refractivity contribution in [2.24, 2.45) is 0 Å². The molecule has 45 heavy (non-hydrogen) atoms. The maximum atomic E-state index is 2.53. The van der Waals surface area contributed by atoms with Crippen LogP contribution < -0.4 is 0 Å². The summed E-state index contributed by atoms with van der Waals surface area (Å²) in [5.41, 5.74) is 12.7. The zero-order valence-electron chi connectivity index (χ0n) is 25.3. The van der Waals surface area contributed by atoms with Gasteiger partial charge in [0.05, 0.1) is 22.1 Å². The number of hydrogen-bond acceptors (Lipinski definition) is 0. The second kappa shape index (κ2) is 8.74. The second-order valence-electron chi connectivity index (χ2n) is 13.0. The van der Waals surface area contributed by atoms with Crippen LogP contribution in [0.1, 0.15) is 25.0 Å². The Bertz CT molecular complexity index is 2670. The lowest BCUT2D eigenvalue weighted by Gasteiger charge is -2.24. The average Bonchev–Trinajstić information content (AvgIpc) is 3.67. The first kappa shape index (κ1) is 24.8. The van der Waals surface area contributed by atoms with Gasteiger partial charge in [0.25, 0.3) is 0 Å². The van der Waals surface area contributed by atoms with Gasteiger partial charge in [-0.15, -0.1) is 0 Å². The summed E-state index contributed by atoms with van der Waals surface area (Å²) < 4.78 is 4.92. The lowest BCUT2D eigenvalue weighted by atomic mass is 9.81. The van der Waals surface area contributed by atoms with E-state index in [2.05, 4.69) is 169 Å². The molecule has 2 aromatic heterocycles. The minimum absolute atomic E-state index is 0.159. The van der Waals surface area contributed by atoms with E-state index in [1.165, 1.54) is 88.0 Å². The molecule has 0 fully saturated rings. The molecule has 0 atom stereocenters. The van der Waals surface area contributed by atoms with E-state index in [4.69, 9.17) is 0 Å². The first-order valence-corrected chi connectivity index (χ1v) is 15.8. The normalized spacial score (nSPS) is 13.7. The SMILES string of the molecule is CC1(C)c2cc3ccccc3cc2-c2ccc3c4ccccc4n(-c4ccc5c(c4)c4ccccc4n5-c4ccccc4)c3c21. The molecule has 212 valence electrons. The molecular formula is C43H30N2. The Morgan fingerprint density at radius 3 is 1.82 bits per heavy atom. The third-order valence-electron chi connectivity index (χ3n) is 10.2. The summed E-state index contributed by atoms with van der Waals surface area (Å²) in [6.07, 6.45) is 0. The Hall–Kier alpha value is -5.60. The quantitative estimate of drug-likeness (QED) is 0.194. The average molecular weight is 575 g/mol. The monoisotopic (exact) mass is 574 g/mol. The minimum Gasteiger partial charge on any atom is -0.309 e. The Morgan fingerprint density at radius 2 is 1.04 bits per heavy atom. The van der Waals surface area contributed by atoms with Gasteiger partial charge in [0.15, 0.2) is 0 Å². The summed E-state index contributed by atoms with van der Waals surface area (Å²) in [6.45, 7) is 4.81. The van der Waals surface area contributed by atoms with Crippen molar-refractivity contribution in [2.75, 3.05) is 0 Å². The standard InChI is InChI=1S/C43H30N2/c1-43(2)37-25-28-13-7-6-12-27(28)24-35(37)33-21-22-34-31-16-8-11-19-39(31)45(42(34)41(33)43)30-20-23-40-36(26-30)32-17-9-10-18-38(32)44(40)29-14-4-3-5-15-29/h3-26H,1-2H3. The molecule has 1 aliphatic rings. The maximum absolute atomic E-state index is 2.53. The van der Waals surface area contributed by atoms with E-state index in [9.17, 15) is 0 Å². The fourth-order valence-electron chi connectivity index (χ4n) is 8.25. The van der Waals surface area contributed by atoms with Crippen molar-refractivity contribution >= 4 is 54.4 Å². The molecule has 9 aromatic rings. The van der Waals surface area contributed by atoms with Gasteiger partial charge in [-0.05, 0) is 87.6 Å². The van der Waals surface area contributed by atoms with E-state index < -0.39 is 0 Å². The van der Waals surface area contributed by atoms with Crippen LogP contribution in [0.2, 0.25) is 0 Å². The number of nitrogens with zero attached hydrogens (tertiary/aromatic N) is 2. The molecule has 2 nitrogen and oxygen atoms in total. The van der Waals surface area contributed by atoms with Gasteiger partial charge in [0.1, 0.15) is 0 Å². The van der Waals surface area contributed by atoms with Gasteiger partial charge in [0.2, 0.25) is 0 Å². The lowest BCUT2D eigenvalue weighted by Crippen LogP contribution is -2.16. The molecular weight excluding hydrogens is 544 g/mol. The van der Waals surface area contributed by atoms with Crippen molar-refractivity contribution in [3.8, 4) is 22.5 Å². The van der Waals surface area contributed by atoms with Gasteiger partial charge in [0, 0.05) is 38.3 Å². The molecule has 2 heterocycles. The van der Waals surface area contributed by atoms with Gasteiger partial charge < -0.3 is 9.13 Å². The van der Waals surface area contributed by atoms with Crippen LogP contribution in [-0.2, 0) is 5.41 Å². The first-order chi connectivity index (χ1) is 22.1. The fraction of sp³-hybridized carbons (Fsp3) is 0.0698. The smallest absolute Gasteiger partial charge is 0.0588 e. The molecule has 10 rings (SSSR count). The number of hydrogen-bond donors (Lipinski definition) is 0. The summed E-state index contributed by atoms with van der Waals surface area (Å²) in [5, 5.41) is 7.72. The molecule has 0 aliphatic heterocycles. The van der Waals surface area contributed by atoms with Crippen molar-refractivity contribution in [3.05, 3.63) is 157 Å². The van der Waals surface area contributed by atoms with E-state index in [-0.39, 0.29) is 5.41 Å². The molecule has 2 heteroatoms. The van der Waals surface area contributed by atoms with Crippen LogP contribution in [0.5, 0.6) is 0 Å². The van der Waals surface area contributed by atoms with Crippen LogP contribution >= 0.6 is 0 Å². The number of para-hydroxylation sites is 3. The van der Waals surface area contributed by atoms with E-state index in [0.717, 1.165) is 0 Å². The third kappa shape index (κ3) is 3.24. The van der Waals surface area contributed by atoms with E-state index >= 15 is 0 Å². The van der Waals surface area contributed by atoms with E-state index in [1.807, 2.05) is 0 Å². The molecule has 1 aliphatic carbocycles. The highest BCUT2D eigenvalue weighted by Crippen LogP contribution is 2.54. The van der Waals surface area contributed by atoms with Gasteiger partial charge in [-0.1, -0.05) is 105 Å². The minimum atomic E-state index is -0.159. The number of benzene rings is 7. The molecule has 0 amide bonds. The summed E-state index contributed by atoms with van der Waals surface area (Å²) in [6, 6.07) is 53.7. The predicted octanol–water partition coefficient (Wildman–Crippen LogP) is 11.3. The van der Waals surface area contributed by atoms with Crippen LogP contribution in [-0.4, -0.2) is 9.13 Å². The van der Waals surface area contributed by atoms with Gasteiger partial charge in [-0.3, -0.25) is 0 Å². The number of rotatable bonds is 2. The second-order valence-corrected chi connectivity index (χ2v) is 13.0. The van der Waals surface area contributed by atoms with E-state index in [0.29, 0.717) is 0 Å². The Balaban J connectivity index is 1.31. The third-order valence-corrected chi connectivity index (χ3v) is 10.2. The largest absolute Gasteiger partial charge is 0.309 e. The number of fused-ring (bicyclic) bond motifs is 11. The van der Waals surface area contributed by atoms with Gasteiger partial charge >= 0.3 is 0 Å². The Kier molecular flexibility index (Phi) is 4.82. The van der Waals surface area contributed by atoms with Crippen LogP contribution in [0.4, 0.5) is 0 Å². The molecule has 7 aromatic carbocycles. The zero-order valence-corrected chi connectivity index (χ0v) is 25.3. The molecule has 0 N–H and O–H groups in total. The first-order valence-electron chi connectivity index (χ1n) is 15.8. The Labute approximate surface area is 261 Å². The summed E-state index contributed by atoms with van der Waals surface area (Å²) in [7, 11) is 0. The fourth-order valence-corrected chi connectivity index (χ4v) is 8.25. The molecule has 0 unspecified atom stereocenters. The highest BCUT2D eigenvalue weighted by Gasteiger charge is 2.39. The van der Waals surface area contributed by atoms with Gasteiger partial charge in [-0.2, -0.15) is 0 Å². The number of aromatic nitrogens is 2. The van der Waals surface area contributed by atoms with Crippen molar-refractivity contribution in [2.45, 2.75) is 19.3 Å². The summed E-state index contributed by atoms with van der Waals surface area (Å²) in [4.78, 5) is 0. The summed E-state index contributed by atoms with van der Waals surface area (Å²) >= 11 is 0. The molecule has 0 saturated heterocycles. The topological polar surface area (TPSA) is 9.86 Å². The van der Waals surface area contributed by atoms with Gasteiger partial charge in [-0.25, -0.2) is 0 Å². The highest BCUT2D eigenvalue weighted by atomic mass is 15.0. The maximum Gasteiger partial charge on any atom is 0.0588 e. The van der Waals surface area contributed by atoms with Crippen molar-refractivity contribution in [1.82, 2.24) is 9.13 Å². The van der Waals surface area contributed by atoms with Crippen LogP contribution in [0.15, 0.2) is 146 Å². The van der Waals surface area contributed by atoms with Crippen molar-refractivity contribution < 1.29 is 0 Å². The zero-order chi connectivity index (χ0) is 29.9. The predicted molar refractivity (Wildman–Crippen MR) is 190 cm³/mol. The molecule has 0 spiro atoms. The molecule has 0 saturated carbocycles. The van der Waals surface area contributed by atoms with Crippen molar-refractivity contribution in [3.63, 3.8) is 0 Å². The molecule has 0 radical (unpaired) electrons.